The second kappa shape index (κ2) is 5.76. The summed E-state index contributed by atoms with van der Waals surface area (Å²) >= 11 is 5.67. The summed E-state index contributed by atoms with van der Waals surface area (Å²) in [5, 5.41) is 3.93. The van der Waals surface area contributed by atoms with E-state index in [2.05, 4.69) is 5.10 Å². The fraction of sp³-hybridized carbons (Fsp3) is 0.182. The number of sulfonamides is 2. The number of rotatable bonds is 5. The predicted octanol–water partition coefficient (Wildman–Crippen LogP) is 1.22. The second-order valence-electron chi connectivity index (χ2n) is 4.03. The molecule has 2 rings (SSSR count). The fourth-order valence-corrected chi connectivity index (χ4v) is 4.83. The Hall–Kier alpha value is -1.42. The molecule has 0 spiro atoms. The number of benzene rings is 1. The highest BCUT2D eigenvalue weighted by Gasteiger charge is 2.27. The molecule has 0 atom stereocenters. The lowest BCUT2D eigenvalue weighted by molar-refractivity contribution is 0.548. The highest BCUT2D eigenvalue weighted by molar-refractivity contribution is 8.04. The van der Waals surface area contributed by atoms with Gasteiger partial charge in [-0.05, 0) is 37.3 Å². The SMILES string of the molecule is CCn1nccc1S(=O)(=O)NS(=O)(=O)c1ccc(Cl)cc1. The van der Waals surface area contributed by atoms with Gasteiger partial charge in [-0.2, -0.15) is 5.10 Å². The van der Waals surface area contributed by atoms with Gasteiger partial charge in [0.25, 0.3) is 20.0 Å². The molecule has 21 heavy (non-hydrogen) atoms. The molecule has 0 aliphatic heterocycles. The molecule has 7 nitrogen and oxygen atoms in total. The Balaban J connectivity index is 2.38. The van der Waals surface area contributed by atoms with Crippen LogP contribution in [0.2, 0.25) is 5.02 Å². The third-order valence-electron chi connectivity index (χ3n) is 2.60. The quantitative estimate of drug-likeness (QED) is 0.875. The number of hydrogen-bond donors (Lipinski definition) is 1. The first kappa shape index (κ1) is 16.0. The van der Waals surface area contributed by atoms with E-state index in [1.807, 2.05) is 0 Å². The average Bonchev–Trinajstić information content (AvgIpc) is 2.87. The molecule has 0 amide bonds. The predicted molar refractivity (Wildman–Crippen MR) is 76.9 cm³/mol. The van der Waals surface area contributed by atoms with E-state index >= 15 is 0 Å². The van der Waals surface area contributed by atoms with Gasteiger partial charge >= 0.3 is 0 Å². The van der Waals surface area contributed by atoms with Crippen LogP contribution in [0.1, 0.15) is 6.92 Å². The third-order valence-corrected chi connectivity index (χ3v) is 6.39. The van der Waals surface area contributed by atoms with Gasteiger partial charge in [0.2, 0.25) is 0 Å². The zero-order chi connectivity index (χ0) is 15.7. The Labute approximate surface area is 127 Å². The van der Waals surface area contributed by atoms with Crippen LogP contribution in [0.4, 0.5) is 0 Å². The molecule has 0 aliphatic rings. The van der Waals surface area contributed by atoms with Gasteiger partial charge in [-0.25, -0.2) is 16.8 Å². The van der Waals surface area contributed by atoms with Crippen molar-refractivity contribution >= 4 is 31.6 Å². The van der Waals surface area contributed by atoms with E-state index in [0.717, 1.165) is 0 Å². The Kier molecular flexibility index (Phi) is 4.38. The summed E-state index contributed by atoms with van der Waals surface area (Å²) in [6, 6.07) is 6.38. The molecule has 0 saturated heterocycles. The molecule has 1 aromatic heterocycles. The van der Waals surface area contributed by atoms with Gasteiger partial charge in [0.15, 0.2) is 5.03 Å². The van der Waals surface area contributed by atoms with Crippen molar-refractivity contribution in [2.24, 2.45) is 0 Å². The van der Waals surface area contributed by atoms with Crippen LogP contribution in [0.25, 0.3) is 0 Å². The van der Waals surface area contributed by atoms with E-state index in [-0.39, 0.29) is 9.92 Å². The van der Waals surface area contributed by atoms with E-state index < -0.39 is 20.0 Å². The molecule has 1 N–H and O–H groups in total. The number of nitrogens with zero attached hydrogens (tertiary/aromatic N) is 2. The summed E-state index contributed by atoms with van der Waals surface area (Å²) < 4.78 is 51.4. The summed E-state index contributed by atoms with van der Waals surface area (Å²) in [7, 11) is -8.47. The van der Waals surface area contributed by atoms with Gasteiger partial charge in [-0.15, -0.1) is 0 Å². The Bertz CT molecular complexity index is 842. The monoisotopic (exact) mass is 349 g/mol. The molecular weight excluding hydrogens is 338 g/mol. The van der Waals surface area contributed by atoms with Crippen LogP contribution in [0.3, 0.4) is 0 Å². The van der Waals surface area contributed by atoms with Crippen LogP contribution in [0.5, 0.6) is 0 Å². The molecule has 114 valence electrons. The third kappa shape index (κ3) is 3.43. The minimum absolute atomic E-state index is 0.196. The van der Waals surface area contributed by atoms with Crippen LogP contribution in [0, 0.1) is 0 Å². The molecule has 0 saturated carbocycles. The lowest BCUT2D eigenvalue weighted by atomic mass is 10.4. The summed E-state index contributed by atoms with van der Waals surface area (Å²) in [6.07, 6.45) is 1.28. The summed E-state index contributed by atoms with van der Waals surface area (Å²) in [6.45, 7) is 1.99. The number of nitrogens with one attached hydrogen (secondary N) is 1. The van der Waals surface area contributed by atoms with Crippen molar-refractivity contribution in [3.8, 4) is 0 Å². The van der Waals surface area contributed by atoms with Gasteiger partial charge < -0.3 is 0 Å². The van der Waals surface area contributed by atoms with Crippen molar-refractivity contribution in [3.63, 3.8) is 0 Å². The van der Waals surface area contributed by atoms with Gasteiger partial charge in [0.05, 0.1) is 11.1 Å². The fourth-order valence-electron chi connectivity index (χ4n) is 1.64. The van der Waals surface area contributed by atoms with Gasteiger partial charge in [-0.1, -0.05) is 15.7 Å². The average molecular weight is 350 g/mol. The molecule has 0 radical (unpaired) electrons. The molecule has 10 heteroatoms. The first-order valence-corrected chi connectivity index (χ1v) is 9.16. The van der Waals surface area contributed by atoms with Crippen LogP contribution >= 0.6 is 11.6 Å². The number of aromatic nitrogens is 2. The van der Waals surface area contributed by atoms with Crippen molar-refractivity contribution in [3.05, 3.63) is 41.6 Å². The van der Waals surface area contributed by atoms with E-state index in [1.165, 1.54) is 41.2 Å². The van der Waals surface area contributed by atoms with Crippen LogP contribution in [-0.4, -0.2) is 26.6 Å². The lowest BCUT2D eigenvalue weighted by Gasteiger charge is -2.09. The topological polar surface area (TPSA) is 98.1 Å². The molecule has 0 unspecified atom stereocenters. The standard InChI is InChI=1S/C11H12ClN3O4S2/c1-2-15-11(7-8-13-15)21(18,19)14-20(16,17)10-5-3-9(12)4-6-10/h3-8,14H,2H2,1H3. The lowest BCUT2D eigenvalue weighted by Crippen LogP contribution is -2.32. The minimum atomic E-state index is -4.25. The molecule has 2 aromatic rings. The molecule has 0 fully saturated rings. The van der Waals surface area contributed by atoms with Gasteiger partial charge in [0.1, 0.15) is 0 Å². The number of halogens is 1. The summed E-state index contributed by atoms with van der Waals surface area (Å²) in [4.78, 5) is -0.196. The maximum Gasteiger partial charge on any atom is 0.270 e. The van der Waals surface area contributed by atoms with Crippen molar-refractivity contribution in [2.75, 3.05) is 0 Å². The Morgan fingerprint density at radius 2 is 1.71 bits per heavy atom. The van der Waals surface area contributed by atoms with Gasteiger partial charge in [0, 0.05) is 11.6 Å². The van der Waals surface area contributed by atoms with Crippen LogP contribution in [0.15, 0.2) is 46.5 Å². The maximum absolute atomic E-state index is 12.2. The van der Waals surface area contributed by atoms with E-state index in [0.29, 0.717) is 11.6 Å². The summed E-state index contributed by atoms with van der Waals surface area (Å²) in [5.41, 5.74) is 0. The number of aryl methyl sites for hydroxylation is 1. The Morgan fingerprint density at radius 1 is 1.10 bits per heavy atom. The second-order valence-corrected chi connectivity index (χ2v) is 8.04. The first-order chi connectivity index (χ1) is 9.76. The molecule has 1 heterocycles. The van der Waals surface area contributed by atoms with Gasteiger partial charge in [-0.3, -0.25) is 4.68 Å². The molecular formula is C11H12ClN3O4S2. The zero-order valence-electron chi connectivity index (χ0n) is 10.9. The largest absolute Gasteiger partial charge is 0.270 e. The van der Waals surface area contributed by atoms with Crippen molar-refractivity contribution in [1.29, 1.82) is 0 Å². The zero-order valence-corrected chi connectivity index (χ0v) is 13.3. The van der Waals surface area contributed by atoms with Crippen LogP contribution < -0.4 is 4.13 Å². The summed E-state index contributed by atoms with van der Waals surface area (Å²) in [5.74, 6) is 0. The maximum atomic E-state index is 12.2. The van der Waals surface area contributed by atoms with Crippen molar-refractivity contribution in [2.45, 2.75) is 23.4 Å². The smallest absolute Gasteiger partial charge is 0.253 e. The minimum Gasteiger partial charge on any atom is -0.253 e. The van der Waals surface area contributed by atoms with Crippen molar-refractivity contribution < 1.29 is 16.8 Å². The molecule has 0 aliphatic carbocycles. The van der Waals surface area contributed by atoms with E-state index in [4.69, 9.17) is 11.6 Å². The van der Waals surface area contributed by atoms with Crippen molar-refractivity contribution in [1.82, 2.24) is 13.9 Å². The number of hydrogen-bond acceptors (Lipinski definition) is 5. The highest BCUT2D eigenvalue weighted by Crippen LogP contribution is 2.16. The van der Waals surface area contributed by atoms with Crippen LogP contribution in [-0.2, 0) is 26.6 Å². The highest BCUT2D eigenvalue weighted by atomic mass is 35.5. The Morgan fingerprint density at radius 3 is 2.29 bits per heavy atom. The first-order valence-electron chi connectivity index (χ1n) is 5.82. The normalized spacial score (nSPS) is 12.5. The molecule has 0 bridgehead atoms. The van der Waals surface area contributed by atoms with E-state index in [1.54, 1.807) is 11.1 Å². The molecule has 1 aromatic carbocycles. The van der Waals surface area contributed by atoms with E-state index in [9.17, 15) is 16.8 Å².